The Kier molecular flexibility index (Phi) is 3.93. The maximum absolute atomic E-state index is 12.1. The van der Waals surface area contributed by atoms with E-state index < -0.39 is 0 Å². The molecular weight excluding hydrogens is 355 g/mol. The zero-order valence-corrected chi connectivity index (χ0v) is 12.8. The van der Waals surface area contributed by atoms with E-state index in [1.165, 1.54) is 0 Å². The quantitative estimate of drug-likeness (QED) is 0.815. The monoisotopic (exact) mass is 372 g/mol. The van der Waals surface area contributed by atoms with E-state index in [2.05, 4.69) is 27.9 Å². The first-order chi connectivity index (χ1) is 9.22. The molecule has 2 aliphatic rings. The number of likely N-dealkylation sites (tertiary alicyclic amines) is 1. The smallest absolute Gasteiger partial charge is 0.260 e. The van der Waals surface area contributed by atoms with Crippen LogP contribution in [0.2, 0.25) is 0 Å². The van der Waals surface area contributed by atoms with Crippen LogP contribution in [0.25, 0.3) is 0 Å². The number of carbonyl (C=O) groups is 1. The normalized spacial score (nSPS) is 25.4. The predicted molar refractivity (Wildman–Crippen MR) is 81.1 cm³/mol. The predicted octanol–water partition coefficient (Wildman–Crippen LogP) is 1.35. The Morgan fingerprint density at radius 1 is 1.26 bits per heavy atom. The molecule has 2 atom stereocenters. The standard InChI is InChI=1S/C14H17IN2O2/c15-12-1-3-13(4-2-12)19-9-14(18)17-7-10-5-16-6-11(10)8-17/h1-4,10-11,16H,5-9H2/t10-,11+. The van der Waals surface area contributed by atoms with Crippen molar-refractivity contribution in [1.82, 2.24) is 10.2 Å². The van der Waals surface area contributed by atoms with Crippen molar-refractivity contribution in [3.8, 4) is 5.75 Å². The average Bonchev–Trinajstić information content (AvgIpc) is 2.98. The number of ether oxygens (including phenoxy) is 1. The number of nitrogens with zero attached hydrogens (tertiary/aromatic N) is 1. The van der Waals surface area contributed by atoms with Crippen molar-refractivity contribution >= 4 is 28.5 Å². The van der Waals surface area contributed by atoms with Gasteiger partial charge in [0.05, 0.1) is 0 Å². The second-order valence-electron chi connectivity index (χ2n) is 5.22. The lowest BCUT2D eigenvalue weighted by molar-refractivity contribution is -0.132. The highest BCUT2D eigenvalue weighted by atomic mass is 127. The molecule has 2 saturated heterocycles. The third-order valence-corrected chi connectivity index (χ3v) is 4.64. The highest BCUT2D eigenvalue weighted by molar-refractivity contribution is 14.1. The molecule has 0 spiro atoms. The van der Waals surface area contributed by atoms with Gasteiger partial charge in [-0.25, -0.2) is 0 Å². The number of rotatable bonds is 3. The molecule has 2 heterocycles. The average molecular weight is 372 g/mol. The van der Waals surface area contributed by atoms with E-state index in [0.717, 1.165) is 35.5 Å². The fourth-order valence-corrected chi connectivity index (χ4v) is 3.19. The fraction of sp³-hybridized carbons (Fsp3) is 0.500. The number of hydrogen-bond acceptors (Lipinski definition) is 3. The van der Waals surface area contributed by atoms with Crippen LogP contribution in [-0.4, -0.2) is 43.6 Å². The minimum absolute atomic E-state index is 0.105. The van der Waals surface area contributed by atoms with Crippen LogP contribution in [-0.2, 0) is 4.79 Å². The van der Waals surface area contributed by atoms with Crippen LogP contribution in [0.5, 0.6) is 5.75 Å². The Labute approximate surface area is 126 Å². The zero-order chi connectivity index (χ0) is 13.2. The van der Waals surface area contributed by atoms with E-state index in [4.69, 9.17) is 4.74 Å². The first kappa shape index (κ1) is 13.2. The summed E-state index contributed by atoms with van der Waals surface area (Å²) in [6, 6.07) is 7.76. The number of halogens is 1. The van der Waals surface area contributed by atoms with Gasteiger partial charge in [0.1, 0.15) is 5.75 Å². The van der Waals surface area contributed by atoms with Gasteiger partial charge in [0.15, 0.2) is 6.61 Å². The Morgan fingerprint density at radius 3 is 2.53 bits per heavy atom. The number of amides is 1. The number of benzene rings is 1. The lowest BCUT2D eigenvalue weighted by Gasteiger charge is -2.17. The van der Waals surface area contributed by atoms with E-state index in [9.17, 15) is 4.79 Å². The largest absolute Gasteiger partial charge is 0.484 e. The van der Waals surface area contributed by atoms with Gasteiger partial charge in [0.2, 0.25) is 0 Å². The van der Waals surface area contributed by atoms with E-state index >= 15 is 0 Å². The van der Waals surface area contributed by atoms with Gasteiger partial charge in [0.25, 0.3) is 5.91 Å². The second-order valence-corrected chi connectivity index (χ2v) is 6.47. The van der Waals surface area contributed by atoms with E-state index in [0.29, 0.717) is 11.8 Å². The van der Waals surface area contributed by atoms with Crippen LogP contribution >= 0.6 is 22.6 Å². The van der Waals surface area contributed by atoms with Gasteiger partial charge in [-0.3, -0.25) is 4.79 Å². The van der Waals surface area contributed by atoms with Crippen LogP contribution in [0, 0.1) is 15.4 Å². The lowest BCUT2D eigenvalue weighted by Crippen LogP contribution is -2.35. The minimum Gasteiger partial charge on any atom is -0.484 e. The Balaban J connectivity index is 1.50. The van der Waals surface area contributed by atoms with Crippen molar-refractivity contribution in [2.45, 2.75) is 0 Å². The minimum atomic E-state index is 0.105. The van der Waals surface area contributed by atoms with Gasteiger partial charge in [-0.15, -0.1) is 0 Å². The number of hydrogen-bond donors (Lipinski definition) is 1. The van der Waals surface area contributed by atoms with Crippen molar-refractivity contribution in [3.63, 3.8) is 0 Å². The Morgan fingerprint density at radius 2 is 1.89 bits per heavy atom. The first-order valence-corrected chi connectivity index (χ1v) is 7.67. The molecule has 2 fully saturated rings. The molecule has 1 amide bonds. The van der Waals surface area contributed by atoms with Crippen LogP contribution in [0.3, 0.4) is 0 Å². The molecule has 3 rings (SSSR count). The number of fused-ring (bicyclic) bond motifs is 1. The van der Waals surface area contributed by atoms with E-state index in [1.54, 1.807) is 0 Å². The third-order valence-electron chi connectivity index (χ3n) is 3.92. The molecule has 1 aromatic carbocycles. The third kappa shape index (κ3) is 3.02. The van der Waals surface area contributed by atoms with Crippen molar-refractivity contribution in [2.24, 2.45) is 11.8 Å². The summed E-state index contributed by atoms with van der Waals surface area (Å²) in [7, 11) is 0. The Hall–Kier alpha value is -0.820. The van der Waals surface area contributed by atoms with Crippen LogP contribution in [0.4, 0.5) is 0 Å². The molecule has 5 heteroatoms. The van der Waals surface area contributed by atoms with Gasteiger partial charge >= 0.3 is 0 Å². The zero-order valence-electron chi connectivity index (χ0n) is 10.6. The van der Waals surface area contributed by atoms with Gasteiger partial charge in [-0.1, -0.05) is 0 Å². The summed E-state index contributed by atoms with van der Waals surface area (Å²) in [5.74, 6) is 2.15. The molecule has 0 bridgehead atoms. The van der Waals surface area contributed by atoms with Crippen LogP contribution in [0.15, 0.2) is 24.3 Å². The number of nitrogens with one attached hydrogen (secondary N) is 1. The summed E-state index contributed by atoms with van der Waals surface area (Å²) in [5.41, 5.74) is 0. The summed E-state index contributed by atoms with van der Waals surface area (Å²) in [5, 5.41) is 3.38. The summed E-state index contributed by atoms with van der Waals surface area (Å²) >= 11 is 2.25. The summed E-state index contributed by atoms with van der Waals surface area (Å²) in [6.45, 7) is 4.01. The van der Waals surface area contributed by atoms with Crippen LogP contribution in [0.1, 0.15) is 0 Å². The molecule has 0 unspecified atom stereocenters. The molecule has 0 aromatic heterocycles. The molecule has 1 aromatic rings. The summed E-state index contributed by atoms with van der Waals surface area (Å²) in [6.07, 6.45) is 0. The molecule has 0 saturated carbocycles. The SMILES string of the molecule is O=C(COc1ccc(I)cc1)N1C[C@H]2CNC[C@H]2C1. The molecule has 2 aliphatic heterocycles. The number of carbonyl (C=O) groups excluding carboxylic acids is 1. The molecule has 0 aliphatic carbocycles. The molecule has 102 valence electrons. The fourth-order valence-electron chi connectivity index (χ4n) is 2.83. The van der Waals surface area contributed by atoms with Crippen molar-refractivity contribution in [1.29, 1.82) is 0 Å². The van der Waals surface area contributed by atoms with Crippen molar-refractivity contribution in [2.75, 3.05) is 32.8 Å². The van der Waals surface area contributed by atoms with E-state index in [-0.39, 0.29) is 12.5 Å². The first-order valence-electron chi connectivity index (χ1n) is 6.59. The van der Waals surface area contributed by atoms with Crippen LogP contribution < -0.4 is 10.1 Å². The van der Waals surface area contributed by atoms with E-state index in [1.807, 2.05) is 29.2 Å². The van der Waals surface area contributed by atoms with Gasteiger partial charge in [-0.05, 0) is 58.7 Å². The molecule has 4 nitrogen and oxygen atoms in total. The lowest BCUT2D eigenvalue weighted by atomic mass is 10.0. The topological polar surface area (TPSA) is 41.6 Å². The Bertz CT molecular complexity index is 451. The van der Waals surface area contributed by atoms with Crippen molar-refractivity contribution in [3.05, 3.63) is 27.8 Å². The molecular formula is C14H17IN2O2. The second kappa shape index (κ2) is 5.66. The van der Waals surface area contributed by atoms with Gasteiger partial charge < -0.3 is 15.0 Å². The summed E-state index contributed by atoms with van der Waals surface area (Å²) in [4.78, 5) is 14.0. The molecule has 0 radical (unpaired) electrons. The highest BCUT2D eigenvalue weighted by Gasteiger charge is 2.37. The van der Waals surface area contributed by atoms with Gasteiger partial charge in [-0.2, -0.15) is 0 Å². The van der Waals surface area contributed by atoms with Gasteiger partial charge in [0, 0.05) is 29.7 Å². The molecule has 1 N–H and O–H groups in total. The maximum atomic E-state index is 12.1. The molecule has 19 heavy (non-hydrogen) atoms. The highest BCUT2D eigenvalue weighted by Crippen LogP contribution is 2.26. The maximum Gasteiger partial charge on any atom is 0.260 e. The van der Waals surface area contributed by atoms with Crippen molar-refractivity contribution < 1.29 is 9.53 Å². The summed E-state index contributed by atoms with van der Waals surface area (Å²) < 4.78 is 6.71.